The molecule has 2 amide bonds. The molecule has 0 radical (unpaired) electrons. The van der Waals surface area contributed by atoms with Crippen molar-refractivity contribution in [1.29, 1.82) is 0 Å². The van der Waals surface area contributed by atoms with Gasteiger partial charge >= 0.3 is 6.03 Å². The molecule has 1 aliphatic heterocycles. The Balaban J connectivity index is 1.58. The van der Waals surface area contributed by atoms with E-state index in [-0.39, 0.29) is 12.1 Å². The summed E-state index contributed by atoms with van der Waals surface area (Å²) < 4.78 is 11.0. The maximum atomic E-state index is 12.2. The average molecular weight is 340 g/mol. The summed E-state index contributed by atoms with van der Waals surface area (Å²) in [5.41, 5.74) is 3.06. The van der Waals surface area contributed by atoms with Gasteiger partial charge in [-0.25, -0.2) is 4.79 Å². The SMILES string of the molecule is COc1ccc2c(c1)C[C@@H](NC(=O)Nc1ccc(C(C)C)cc1)CO2. The van der Waals surface area contributed by atoms with E-state index in [0.29, 0.717) is 18.9 Å². The molecule has 3 rings (SSSR count). The fourth-order valence-corrected chi connectivity index (χ4v) is 2.89. The number of hydrogen-bond donors (Lipinski definition) is 2. The van der Waals surface area contributed by atoms with Crippen molar-refractivity contribution in [3.05, 3.63) is 53.6 Å². The molecule has 0 saturated heterocycles. The van der Waals surface area contributed by atoms with E-state index in [1.54, 1.807) is 7.11 Å². The van der Waals surface area contributed by atoms with E-state index in [9.17, 15) is 4.79 Å². The van der Waals surface area contributed by atoms with Crippen molar-refractivity contribution in [2.24, 2.45) is 0 Å². The van der Waals surface area contributed by atoms with E-state index in [1.165, 1.54) is 5.56 Å². The van der Waals surface area contributed by atoms with Crippen molar-refractivity contribution in [3.8, 4) is 11.5 Å². The lowest BCUT2D eigenvalue weighted by atomic mass is 10.0. The molecule has 0 unspecified atom stereocenters. The lowest BCUT2D eigenvalue weighted by molar-refractivity contribution is 0.222. The van der Waals surface area contributed by atoms with Gasteiger partial charge in [-0.2, -0.15) is 0 Å². The zero-order chi connectivity index (χ0) is 17.8. The zero-order valence-corrected chi connectivity index (χ0v) is 14.8. The second-order valence-corrected chi connectivity index (χ2v) is 6.56. The van der Waals surface area contributed by atoms with E-state index in [2.05, 4.69) is 24.5 Å². The summed E-state index contributed by atoms with van der Waals surface area (Å²) in [6.45, 7) is 4.75. The van der Waals surface area contributed by atoms with E-state index < -0.39 is 0 Å². The predicted octanol–water partition coefficient (Wildman–Crippen LogP) is 3.94. The van der Waals surface area contributed by atoms with Crippen molar-refractivity contribution in [1.82, 2.24) is 5.32 Å². The molecule has 25 heavy (non-hydrogen) atoms. The van der Waals surface area contributed by atoms with Gasteiger partial charge in [-0.05, 0) is 53.8 Å². The van der Waals surface area contributed by atoms with Gasteiger partial charge in [0.05, 0.1) is 13.2 Å². The third-order valence-corrected chi connectivity index (χ3v) is 4.34. The molecule has 0 bridgehead atoms. The van der Waals surface area contributed by atoms with Crippen LogP contribution in [0.5, 0.6) is 11.5 Å². The fraction of sp³-hybridized carbons (Fsp3) is 0.350. The average Bonchev–Trinajstić information content (AvgIpc) is 2.61. The van der Waals surface area contributed by atoms with E-state index in [0.717, 1.165) is 22.7 Å². The summed E-state index contributed by atoms with van der Waals surface area (Å²) in [5, 5.41) is 5.84. The smallest absolute Gasteiger partial charge is 0.319 e. The van der Waals surface area contributed by atoms with Gasteiger partial charge in [-0.15, -0.1) is 0 Å². The minimum Gasteiger partial charge on any atom is -0.497 e. The first-order valence-corrected chi connectivity index (χ1v) is 8.52. The summed E-state index contributed by atoms with van der Waals surface area (Å²) in [6.07, 6.45) is 0.715. The highest BCUT2D eigenvalue weighted by Crippen LogP contribution is 2.28. The summed E-state index contributed by atoms with van der Waals surface area (Å²) in [6, 6.07) is 13.3. The number of ether oxygens (including phenoxy) is 2. The lowest BCUT2D eigenvalue weighted by Gasteiger charge is -2.26. The van der Waals surface area contributed by atoms with Crippen LogP contribution in [0.15, 0.2) is 42.5 Å². The number of amides is 2. The highest BCUT2D eigenvalue weighted by atomic mass is 16.5. The number of benzene rings is 2. The molecule has 1 aliphatic rings. The van der Waals surface area contributed by atoms with E-state index in [1.807, 2.05) is 42.5 Å². The van der Waals surface area contributed by atoms with Gasteiger partial charge in [0.2, 0.25) is 0 Å². The first-order valence-electron chi connectivity index (χ1n) is 8.52. The molecular weight excluding hydrogens is 316 g/mol. The molecule has 1 heterocycles. The third-order valence-electron chi connectivity index (χ3n) is 4.34. The Kier molecular flexibility index (Phi) is 5.12. The molecular formula is C20H24N2O3. The van der Waals surface area contributed by atoms with Crippen LogP contribution in [-0.2, 0) is 6.42 Å². The standard InChI is InChI=1S/C20H24N2O3/c1-13(2)14-4-6-16(7-5-14)21-20(23)22-17-10-15-11-18(24-3)8-9-19(15)25-12-17/h4-9,11,13,17H,10,12H2,1-3H3,(H2,21,22,23)/t17-/m1/s1. The summed E-state index contributed by atoms with van der Waals surface area (Å²) >= 11 is 0. The molecule has 0 aromatic heterocycles. The Morgan fingerprint density at radius 2 is 1.96 bits per heavy atom. The maximum Gasteiger partial charge on any atom is 0.319 e. The lowest BCUT2D eigenvalue weighted by Crippen LogP contribution is -2.44. The molecule has 2 N–H and O–H groups in total. The van der Waals surface area contributed by atoms with Crippen LogP contribution in [-0.4, -0.2) is 25.8 Å². The normalized spacial score (nSPS) is 15.9. The molecule has 2 aromatic carbocycles. The highest BCUT2D eigenvalue weighted by Gasteiger charge is 2.22. The number of nitrogens with one attached hydrogen (secondary N) is 2. The molecule has 0 spiro atoms. The van der Waals surface area contributed by atoms with Gasteiger partial charge in [0.1, 0.15) is 18.1 Å². The van der Waals surface area contributed by atoms with E-state index in [4.69, 9.17) is 9.47 Å². The van der Waals surface area contributed by atoms with Gasteiger partial charge in [0, 0.05) is 5.69 Å². The first-order chi connectivity index (χ1) is 12.0. The monoisotopic (exact) mass is 340 g/mol. The van der Waals surface area contributed by atoms with Gasteiger partial charge in [0.15, 0.2) is 0 Å². The molecule has 132 valence electrons. The Morgan fingerprint density at radius 3 is 2.64 bits per heavy atom. The van der Waals surface area contributed by atoms with Gasteiger partial charge in [-0.3, -0.25) is 0 Å². The zero-order valence-electron chi connectivity index (χ0n) is 14.8. The van der Waals surface area contributed by atoms with Crippen LogP contribution in [0.4, 0.5) is 10.5 Å². The number of hydrogen-bond acceptors (Lipinski definition) is 3. The quantitative estimate of drug-likeness (QED) is 0.886. The Labute approximate surface area is 148 Å². The maximum absolute atomic E-state index is 12.2. The number of anilines is 1. The molecule has 0 aliphatic carbocycles. The van der Waals surface area contributed by atoms with Crippen molar-refractivity contribution >= 4 is 11.7 Å². The molecule has 0 fully saturated rings. The summed E-state index contributed by atoms with van der Waals surface area (Å²) in [5.74, 6) is 2.11. The number of fused-ring (bicyclic) bond motifs is 1. The largest absolute Gasteiger partial charge is 0.497 e. The van der Waals surface area contributed by atoms with Crippen LogP contribution >= 0.6 is 0 Å². The number of carbonyl (C=O) groups excluding carboxylic acids is 1. The number of rotatable bonds is 4. The van der Waals surface area contributed by atoms with Crippen LogP contribution in [0, 0.1) is 0 Å². The fourth-order valence-electron chi connectivity index (χ4n) is 2.89. The van der Waals surface area contributed by atoms with Crippen LogP contribution in [0.3, 0.4) is 0 Å². The second-order valence-electron chi connectivity index (χ2n) is 6.56. The summed E-state index contributed by atoms with van der Waals surface area (Å²) in [4.78, 5) is 12.2. The van der Waals surface area contributed by atoms with Gasteiger partial charge < -0.3 is 20.1 Å². The van der Waals surface area contributed by atoms with Crippen LogP contribution in [0.2, 0.25) is 0 Å². The van der Waals surface area contributed by atoms with Gasteiger partial charge in [-0.1, -0.05) is 26.0 Å². The Hall–Kier alpha value is -2.69. The summed E-state index contributed by atoms with van der Waals surface area (Å²) in [7, 11) is 1.64. The van der Waals surface area contributed by atoms with Crippen molar-refractivity contribution < 1.29 is 14.3 Å². The van der Waals surface area contributed by atoms with Crippen LogP contribution < -0.4 is 20.1 Å². The van der Waals surface area contributed by atoms with E-state index >= 15 is 0 Å². The Morgan fingerprint density at radius 1 is 1.20 bits per heavy atom. The van der Waals surface area contributed by atoms with Crippen LogP contribution in [0.1, 0.15) is 30.9 Å². The van der Waals surface area contributed by atoms with Crippen LogP contribution in [0.25, 0.3) is 0 Å². The van der Waals surface area contributed by atoms with Crippen molar-refractivity contribution in [2.75, 3.05) is 19.0 Å². The minimum absolute atomic E-state index is 0.0745. The second kappa shape index (κ2) is 7.47. The molecule has 2 aromatic rings. The third kappa shape index (κ3) is 4.24. The van der Waals surface area contributed by atoms with Crippen molar-refractivity contribution in [3.63, 3.8) is 0 Å². The molecule has 5 heteroatoms. The molecule has 5 nitrogen and oxygen atoms in total. The Bertz CT molecular complexity index is 741. The predicted molar refractivity (Wildman–Crippen MR) is 98.7 cm³/mol. The molecule has 1 atom stereocenters. The highest BCUT2D eigenvalue weighted by molar-refractivity contribution is 5.89. The number of methoxy groups -OCH3 is 1. The minimum atomic E-state index is -0.225. The topological polar surface area (TPSA) is 59.6 Å². The molecule has 0 saturated carbocycles. The van der Waals surface area contributed by atoms with Crippen molar-refractivity contribution in [2.45, 2.75) is 32.2 Å². The number of carbonyl (C=O) groups is 1. The van der Waals surface area contributed by atoms with Gasteiger partial charge in [0.25, 0.3) is 0 Å². The first kappa shape index (κ1) is 17.1. The number of urea groups is 1.